The van der Waals surface area contributed by atoms with E-state index in [-0.39, 0.29) is 10.8 Å². The summed E-state index contributed by atoms with van der Waals surface area (Å²) in [7, 11) is -3.55. The van der Waals surface area contributed by atoms with Gasteiger partial charge >= 0.3 is 0 Å². The highest BCUT2D eigenvalue weighted by molar-refractivity contribution is 7.89. The Morgan fingerprint density at radius 2 is 2.17 bits per heavy atom. The van der Waals surface area contributed by atoms with Crippen molar-refractivity contribution in [2.45, 2.75) is 45.1 Å². The summed E-state index contributed by atoms with van der Waals surface area (Å²) in [4.78, 5) is 0.204. The van der Waals surface area contributed by atoms with E-state index in [1.807, 2.05) is 11.5 Å². The van der Waals surface area contributed by atoms with Crippen LogP contribution >= 0.6 is 0 Å². The summed E-state index contributed by atoms with van der Waals surface area (Å²) in [5.41, 5.74) is 0.414. The van der Waals surface area contributed by atoms with E-state index < -0.39 is 10.0 Å². The molecule has 1 fully saturated rings. The topological polar surface area (TPSA) is 94.1 Å². The lowest BCUT2D eigenvalue weighted by molar-refractivity contribution is 0.389. The molecule has 2 aromatic rings. The van der Waals surface area contributed by atoms with Gasteiger partial charge in [0.05, 0.1) is 0 Å². The van der Waals surface area contributed by atoms with Gasteiger partial charge in [0.15, 0.2) is 5.76 Å². The molecule has 0 bridgehead atoms. The third-order valence-corrected chi connectivity index (χ3v) is 6.43. The second-order valence-electron chi connectivity index (χ2n) is 5.91. The van der Waals surface area contributed by atoms with Gasteiger partial charge in [-0.1, -0.05) is 5.16 Å². The Bertz CT molecular complexity index is 776. The molecule has 1 saturated heterocycles. The van der Waals surface area contributed by atoms with Crippen LogP contribution in [0.1, 0.15) is 30.6 Å². The van der Waals surface area contributed by atoms with Crippen molar-refractivity contribution < 1.29 is 12.9 Å². The summed E-state index contributed by atoms with van der Waals surface area (Å²) in [6.45, 7) is 7.14. The highest BCUT2D eigenvalue weighted by Gasteiger charge is 2.36. The van der Waals surface area contributed by atoms with Crippen LogP contribution in [0.4, 0.5) is 0 Å². The Morgan fingerprint density at radius 1 is 1.39 bits per heavy atom. The Labute approximate surface area is 135 Å². The van der Waals surface area contributed by atoms with Gasteiger partial charge in [-0.25, -0.2) is 8.42 Å². The number of aromatic nitrogens is 4. The van der Waals surface area contributed by atoms with Gasteiger partial charge in [0, 0.05) is 26.1 Å². The highest BCUT2D eigenvalue weighted by Crippen LogP contribution is 2.29. The Balaban J connectivity index is 1.75. The normalized spacial score (nSPS) is 19.5. The van der Waals surface area contributed by atoms with Gasteiger partial charge in [0.1, 0.15) is 22.7 Å². The van der Waals surface area contributed by atoms with Gasteiger partial charge in [-0.05, 0) is 33.1 Å². The van der Waals surface area contributed by atoms with Gasteiger partial charge in [-0.15, -0.1) is 10.2 Å². The van der Waals surface area contributed by atoms with Crippen LogP contribution < -0.4 is 0 Å². The number of aryl methyl sites for hydroxylation is 3. The number of sulfonamides is 1. The second kappa shape index (κ2) is 6.04. The van der Waals surface area contributed by atoms with E-state index in [0.29, 0.717) is 24.5 Å². The first-order chi connectivity index (χ1) is 10.9. The van der Waals surface area contributed by atoms with Crippen LogP contribution in [-0.4, -0.2) is 45.7 Å². The molecule has 1 atom stereocenters. The van der Waals surface area contributed by atoms with E-state index in [1.54, 1.807) is 20.2 Å². The molecule has 9 heteroatoms. The summed E-state index contributed by atoms with van der Waals surface area (Å²) in [5, 5.41) is 11.8. The molecule has 23 heavy (non-hydrogen) atoms. The lowest BCUT2D eigenvalue weighted by Crippen LogP contribution is -2.30. The van der Waals surface area contributed by atoms with Crippen molar-refractivity contribution in [1.29, 1.82) is 0 Å². The zero-order valence-electron chi connectivity index (χ0n) is 13.6. The SMILES string of the molecule is CCn1cnnc1CC1CCN(S(=O)(=O)c2c(C)noc2C)C1. The predicted molar refractivity (Wildman–Crippen MR) is 82.2 cm³/mol. The number of hydrogen-bond donors (Lipinski definition) is 0. The fraction of sp³-hybridized carbons (Fsp3) is 0.643. The van der Waals surface area contributed by atoms with Crippen molar-refractivity contribution in [3.8, 4) is 0 Å². The van der Waals surface area contributed by atoms with Gasteiger partial charge in [-0.2, -0.15) is 4.31 Å². The molecule has 0 amide bonds. The summed E-state index contributed by atoms with van der Waals surface area (Å²) < 4.78 is 34.1. The van der Waals surface area contributed by atoms with E-state index >= 15 is 0 Å². The van der Waals surface area contributed by atoms with E-state index in [4.69, 9.17) is 4.52 Å². The maximum atomic E-state index is 12.8. The van der Waals surface area contributed by atoms with Crippen molar-refractivity contribution in [3.05, 3.63) is 23.6 Å². The predicted octanol–water partition coefficient (Wildman–Crippen LogP) is 1.16. The molecular formula is C14H21N5O3S. The molecule has 0 aliphatic carbocycles. The molecule has 0 saturated carbocycles. The second-order valence-corrected chi connectivity index (χ2v) is 7.78. The smallest absolute Gasteiger partial charge is 0.248 e. The van der Waals surface area contributed by atoms with Crippen molar-refractivity contribution >= 4 is 10.0 Å². The van der Waals surface area contributed by atoms with Crippen LogP contribution in [0.5, 0.6) is 0 Å². The molecule has 126 valence electrons. The van der Waals surface area contributed by atoms with Gasteiger partial charge < -0.3 is 9.09 Å². The van der Waals surface area contributed by atoms with E-state index in [9.17, 15) is 8.42 Å². The monoisotopic (exact) mass is 339 g/mol. The van der Waals surface area contributed by atoms with Gasteiger partial charge in [0.25, 0.3) is 0 Å². The van der Waals surface area contributed by atoms with Crippen molar-refractivity contribution in [1.82, 2.24) is 24.2 Å². The minimum atomic E-state index is -3.55. The van der Waals surface area contributed by atoms with Crippen LogP contribution in [0, 0.1) is 19.8 Å². The van der Waals surface area contributed by atoms with Gasteiger partial charge in [0.2, 0.25) is 10.0 Å². The molecule has 8 nitrogen and oxygen atoms in total. The summed E-state index contributed by atoms with van der Waals surface area (Å²) in [5.74, 6) is 1.51. The van der Waals surface area contributed by atoms with E-state index in [2.05, 4.69) is 15.4 Å². The highest BCUT2D eigenvalue weighted by atomic mass is 32.2. The molecular weight excluding hydrogens is 318 g/mol. The zero-order valence-corrected chi connectivity index (χ0v) is 14.4. The van der Waals surface area contributed by atoms with Gasteiger partial charge in [-0.3, -0.25) is 0 Å². The number of hydrogen-bond acceptors (Lipinski definition) is 6. The molecule has 1 aliphatic heterocycles. The maximum absolute atomic E-state index is 12.8. The number of rotatable bonds is 5. The van der Waals surface area contributed by atoms with Crippen LogP contribution in [-0.2, 0) is 23.0 Å². The quantitative estimate of drug-likeness (QED) is 0.811. The molecule has 2 aromatic heterocycles. The molecule has 3 rings (SSSR count). The first kappa shape index (κ1) is 16.1. The zero-order chi connectivity index (χ0) is 16.6. The Morgan fingerprint density at radius 3 is 2.83 bits per heavy atom. The third kappa shape index (κ3) is 2.90. The van der Waals surface area contributed by atoms with Crippen molar-refractivity contribution in [2.24, 2.45) is 5.92 Å². The minimum Gasteiger partial charge on any atom is -0.360 e. The van der Waals surface area contributed by atoms with Crippen LogP contribution in [0.2, 0.25) is 0 Å². The average molecular weight is 339 g/mol. The van der Waals surface area contributed by atoms with Crippen LogP contribution in [0.25, 0.3) is 0 Å². The molecule has 0 N–H and O–H groups in total. The lowest BCUT2D eigenvalue weighted by atomic mass is 10.0. The van der Waals surface area contributed by atoms with Crippen molar-refractivity contribution in [2.75, 3.05) is 13.1 Å². The minimum absolute atomic E-state index is 0.204. The molecule has 0 spiro atoms. The van der Waals surface area contributed by atoms with Crippen molar-refractivity contribution in [3.63, 3.8) is 0 Å². The maximum Gasteiger partial charge on any atom is 0.248 e. The number of nitrogens with zero attached hydrogens (tertiary/aromatic N) is 5. The largest absolute Gasteiger partial charge is 0.360 e. The van der Waals surface area contributed by atoms with Crippen LogP contribution in [0.15, 0.2) is 15.7 Å². The third-order valence-electron chi connectivity index (χ3n) is 4.32. The average Bonchev–Trinajstić information content (AvgIpc) is 3.20. The molecule has 0 radical (unpaired) electrons. The lowest BCUT2D eigenvalue weighted by Gasteiger charge is -2.16. The molecule has 3 heterocycles. The first-order valence-electron chi connectivity index (χ1n) is 7.73. The standard InChI is InChI=1S/C14H21N5O3S/c1-4-18-9-15-16-13(18)7-12-5-6-19(8-12)23(20,21)14-10(2)17-22-11(14)3/h9,12H,4-8H2,1-3H3. The van der Waals surface area contributed by atoms with E-state index in [1.165, 1.54) is 4.31 Å². The van der Waals surface area contributed by atoms with E-state index in [0.717, 1.165) is 25.2 Å². The first-order valence-corrected chi connectivity index (χ1v) is 9.17. The Hall–Kier alpha value is -1.74. The van der Waals surface area contributed by atoms with Crippen LogP contribution in [0.3, 0.4) is 0 Å². The molecule has 0 aromatic carbocycles. The molecule has 1 unspecified atom stereocenters. The molecule has 1 aliphatic rings. The summed E-state index contributed by atoms with van der Waals surface area (Å²) >= 11 is 0. The summed E-state index contributed by atoms with van der Waals surface area (Å²) in [6, 6.07) is 0. The Kier molecular flexibility index (Phi) is 4.24. The fourth-order valence-electron chi connectivity index (χ4n) is 3.11. The fourth-order valence-corrected chi connectivity index (χ4v) is 4.94. The summed E-state index contributed by atoms with van der Waals surface area (Å²) in [6.07, 6.45) is 3.27.